The highest BCUT2D eigenvalue weighted by molar-refractivity contribution is 7.07. The zero-order valence-corrected chi connectivity index (χ0v) is 8.52. The van der Waals surface area contributed by atoms with Crippen molar-refractivity contribution in [2.45, 2.75) is 0 Å². The maximum atomic E-state index is 13.2. The summed E-state index contributed by atoms with van der Waals surface area (Å²) in [5, 5.41) is 1.37. The number of hydrogen-bond acceptors (Lipinski definition) is 3. The highest BCUT2D eigenvalue weighted by Gasteiger charge is 2.21. The molecule has 1 heterocycles. The second-order valence-electron chi connectivity index (χ2n) is 2.95. The molecule has 0 aliphatic rings. The maximum absolute atomic E-state index is 13.2. The van der Waals surface area contributed by atoms with Crippen LogP contribution in [-0.2, 0) is 0 Å². The summed E-state index contributed by atoms with van der Waals surface area (Å²) in [4.78, 5) is 15.2. The van der Waals surface area contributed by atoms with Gasteiger partial charge in [-0.15, -0.1) is 11.3 Å². The smallest absolute Gasteiger partial charge is 0.218 e. The summed E-state index contributed by atoms with van der Waals surface area (Å²) in [6.07, 6.45) is 0. The molecule has 0 fully saturated rings. The fourth-order valence-electron chi connectivity index (χ4n) is 1.21. The SMILES string of the molecule is O=C(c1cscn1)c1c(F)cc(F)cc1F. The van der Waals surface area contributed by atoms with Gasteiger partial charge in [0.2, 0.25) is 5.78 Å². The Morgan fingerprint density at radius 3 is 2.31 bits per heavy atom. The molecule has 2 nitrogen and oxygen atoms in total. The maximum Gasteiger partial charge on any atom is 0.218 e. The highest BCUT2D eigenvalue weighted by atomic mass is 32.1. The molecule has 0 unspecified atom stereocenters. The minimum atomic E-state index is -1.23. The molecular formula is C10H4F3NOS. The number of halogens is 3. The summed E-state index contributed by atoms with van der Waals surface area (Å²) in [7, 11) is 0. The first-order chi connectivity index (χ1) is 7.59. The fourth-order valence-corrected chi connectivity index (χ4v) is 1.74. The van der Waals surface area contributed by atoms with Gasteiger partial charge in [-0.05, 0) is 0 Å². The average Bonchev–Trinajstić information content (AvgIpc) is 2.67. The summed E-state index contributed by atoms with van der Waals surface area (Å²) < 4.78 is 39.1. The van der Waals surface area contributed by atoms with Gasteiger partial charge in [0, 0.05) is 17.5 Å². The van der Waals surface area contributed by atoms with E-state index in [9.17, 15) is 18.0 Å². The van der Waals surface area contributed by atoms with Gasteiger partial charge in [0.05, 0.1) is 11.1 Å². The quantitative estimate of drug-likeness (QED) is 0.759. The third-order valence-electron chi connectivity index (χ3n) is 1.90. The van der Waals surface area contributed by atoms with Gasteiger partial charge in [-0.2, -0.15) is 0 Å². The van der Waals surface area contributed by atoms with Crippen LogP contribution in [0, 0.1) is 17.5 Å². The van der Waals surface area contributed by atoms with Gasteiger partial charge in [0.25, 0.3) is 0 Å². The monoisotopic (exact) mass is 243 g/mol. The van der Waals surface area contributed by atoms with Crippen molar-refractivity contribution < 1.29 is 18.0 Å². The number of thiazole rings is 1. The minimum Gasteiger partial charge on any atom is -0.287 e. The molecule has 2 rings (SSSR count). The first-order valence-corrected chi connectivity index (χ1v) is 5.11. The molecule has 0 aliphatic heterocycles. The molecule has 0 aliphatic carbocycles. The van der Waals surface area contributed by atoms with Crippen LogP contribution in [0.4, 0.5) is 13.2 Å². The van der Waals surface area contributed by atoms with E-state index in [2.05, 4.69) is 4.98 Å². The van der Waals surface area contributed by atoms with Crippen LogP contribution in [0.25, 0.3) is 0 Å². The molecule has 2 aromatic rings. The van der Waals surface area contributed by atoms with Crippen LogP contribution in [0.15, 0.2) is 23.0 Å². The number of rotatable bonds is 2. The van der Waals surface area contributed by atoms with Gasteiger partial charge in [-0.1, -0.05) is 0 Å². The van der Waals surface area contributed by atoms with E-state index in [0.717, 1.165) is 11.3 Å². The molecular weight excluding hydrogens is 239 g/mol. The Morgan fingerprint density at radius 1 is 1.19 bits per heavy atom. The number of carbonyl (C=O) groups excluding carboxylic acids is 1. The zero-order valence-electron chi connectivity index (χ0n) is 7.71. The van der Waals surface area contributed by atoms with Gasteiger partial charge in [-0.25, -0.2) is 18.2 Å². The molecule has 0 N–H and O–H groups in total. The Kier molecular flexibility index (Phi) is 2.74. The molecule has 0 saturated heterocycles. The van der Waals surface area contributed by atoms with Crippen molar-refractivity contribution >= 4 is 17.1 Å². The van der Waals surface area contributed by atoms with E-state index in [1.165, 1.54) is 10.9 Å². The number of ketones is 1. The molecule has 6 heteroatoms. The van der Waals surface area contributed by atoms with E-state index < -0.39 is 28.8 Å². The van der Waals surface area contributed by atoms with Gasteiger partial charge in [0.15, 0.2) is 0 Å². The summed E-state index contributed by atoms with van der Waals surface area (Å²) in [6, 6.07) is 0.922. The molecule has 1 aromatic carbocycles. The van der Waals surface area contributed by atoms with Gasteiger partial charge < -0.3 is 0 Å². The van der Waals surface area contributed by atoms with Gasteiger partial charge in [0.1, 0.15) is 23.1 Å². The van der Waals surface area contributed by atoms with E-state index in [1.54, 1.807) is 0 Å². The fraction of sp³-hybridized carbons (Fsp3) is 0. The Balaban J connectivity index is 2.53. The van der Waals surface area contributed by atoms with Crippen molar-refractivity contribution in [3.8, 4) is 0 Å². The summed E-state index contributed by atoms with van der Waals surface area (Å²) >= 11 is 1.13. The average molecular weight is 243 g/mol. The molecule has 82 valence electrons. The highest BCUT2D eigenvalue weighted by Crippen LogP contribution is 2.18. The first kappa shape index (κ1) is 10.8. The van der Waals surface area contributed by atoms with Crippen LogP contribution >= 0.6 is 11.3 Å². The Bertz CT molecular complexity index is 516. The topological polar surface area (TPSA) is 30.0 Å². The molecule has 0 atom stereocenters. The lowest BCUT2D eigenvalue weighted by Crippen LogP contribution is -2.08. The standard InChI is InChI=1S/C10H4F3NOS/c11-5-1-6(12)9(7(13)2-5)10(15)8-3-16-4-14-8/h1-4H. The van der Waals surface area contributed by atoms with Crippen LogP contribution in [0.3, 0.4) is 0 Å². The Hall–Kier alpha value is -1.69. The zero-order chi connectivity index (χ0) is 11.7. The molecule has 0 amide bonds. The van der Waals surface area contributed by atoms with Crippen LogP contribution < -0.4 is 0 Å². The van der Waals surface area contributed by atoms with Crippen molar-refractivity contribution in [3.05, 3.63) is 51.7 Å². The molecule has 16 heavy (non-hydrogen) atoms. The van der Waals surface area contributed by atoms with E-state index in [4.69, 9.17) is 0 Å². The largest absolute Gasteiger partial charge is 0.287 e. The van der Waals surface area contributed by atoms with Crippen molar-refractivity contribution in [1.82, 2.24) is 4.98 Å². The van der Waals surface area contributed by atoms with E-state index >= 15 is 0 Å². The molecule has 0 radical (unpaired) electrons. The lowest BCUT2D eigenvalue weighted by atomic mass is 10.1. The summed E-state index contributed by atoms with van der Waals surface area (Å²) in [6.45, 7) is 0. The lowest BCUT2D eigenvalue weighted by molar-refractivity contribution is 0.102. The van der Waals surface area contributed by atoms with Crippen molar-refractivity contribution in [2.75, 3.05) is 0 Å². The third kappa shape index (κ3) is 1.83. The van der Waals surface area contributed by atoms with Crippen LogP contribution in [-0.4, -0.2) is 10.8 Å². The predicted octanol–water partition coefficient (Wildman–Crippen LogP) is 2.79. The van der Waals surface area contributed by atoms with E-state index in [-0.39, 0.29) is 5.69 Å². The minimum absolute atomic E-state index is 0.0607. The van der Waals surface area contributed by atoms with Crippen molar-refractivity contribution in [2.24, 2.45) is 0 Å². The molecule has 0 bridgehead atoms. The van der Waals surface area contributed by atoms with Crippen molar-refractivity contribution in [3.63, 3.8) is 0 Å². The van der Waals surface area contributed by atoms with Crippen molar-refractivity contribution in [1.29, 1.82) is 0 Å². The van der Waals surface area contributed by atoms with Crippen LogP contribution in [0.2, 0.25) is 0 Å². The number of hydrogen-bond donors (Lipinski definition) is 0. The van der Waals surface area contributed by atoms with Crippen LogP contribution in [0.1, 0.15) is 16.1 Å². The Labute approximate surface area is 92.4 Å². The lowest BCUT2D eigenvalue weighted by Gasteiger charge is -2.02. The summed E-state index contributed by atoms with van der Waals surface area (Å²) in [5.74, 6) is -4.41. The number of carbonyl (C=O) groups is 1. The second-order valence-corrected chi connectivity index (χ2v) is 3.67. The summed E-state index contributed by atoms with van der Waals surface area (Å²) in [5.41, 5.74) is 0.522. The number of benzene rings is 1. The number of nitrogens with zero attached hydrogens (tertiary/aromatic N) is 1. The van der Waals surface area contributed by atoms with E-state index in [1.807, 2.05) is 0 Å². The van der Waals surface area contributed by atoms with Gasteiger partial charge in [-0.3, -0.25) is 4.79 Å². The predicted molar refractivity (Wildman–Crippen MR) is 51.9 cm³/mol. The molecule has 0 saturated carbocycles. The second kappa shape index (κ2) is 4.05. The van der Waals surface area contributed by atoms with Gasteiger partial charge >= 0.3 is 0 Å². The van der Waals surface area contributed by atoms with E-state index in [0.29, 0.717) is 12.1 Å². The molecule has 1 aromatic heterocycles. The number of aromatic nitrogens is 1. The van der Waals surface area contributed by atoms with Crippen LogP contribution in [0.5, 0.6) is 0 Å². The normalized spacial score (nSPS) is 10.4. The third-order valence-corrected chi connectivity index (χ3v) is 2.49. The molecule has 0 spiro atoms. The Morgan fingerprint density at radius 2 is 1.81 bits per heavy atom. The first-order valence-electron chi connectivity index (χ1n) is 4.17.